The van der Waals surface area contributed by atoms with Gasteiger partial charge in [0.1, 0.15) is 17.3 Å². The average Bonchev–Trinajstić information content (AvgIpc) is 2.96. The number of nitrogens with two attached hydrogens (primary N) is 1. The van der Waals surface area contributed by atoms with Crippen LogP contribution < -0.4 is 5.73 Å². The van der Waals surface area contributed by atoms with Crippen molar-refractivity contribution in [2.24, 2.45) is 7.05 Å². The van der Waals surface area contributed by atoms with E-state index in [0.29, 0.717) is 5.82 Å². The molecule has 0 saturated carbocycles. The van der Waals surface area contributed by atoms with Crippen LogP contribution >= 0.6 is 0 Å². The Hall–Kier alpha value is -2.56. The molecule has 0 amide bonds. The minimum absolute atomic E-state index is 0.614. The predicted octanol–water partition coefficient (Wildman–Crippen LogP) is 2.63. The summed E-state index contributed by atoms with van der Waals surface area (Å²) in [6.45, 7) is 1.91. The molecule has 3 heterocycles. The van der Waals surface area contributed by atoms with Gasteiger partial charge in [0.2, 0.25) is 0 Å². The Kier molecular flexibility index (Phi) is 2.59. The van der Waals surface area contributed by atoms with E-state index < -0.39 is 0 Å². The molecule has 3 rings (SSSR count). The fourth-order valence-electron chi connectivity index (χ4n) is 2.15. The normalized spacial score (nSPS) is 10.8. The number of hydrogen-bond donors (Lipinski definition) is 1. The van der Waals surface area contributed by atoms with Crippen LogP contribution in [0.15, 0.2) is 41.3 Å². The van der Waals surface area contributed by atoms with Crippen LogP contribution in [-0.2, 0) is 7.05 Å². The lowest BCUT2D eigenvalue weighted by Gasteiger charge is -2.02. The maximum atomic E-state index is 6.13. The highest BCUT2D eigenvalue weighted by atomic mass is 16.3. The van der Waals surface area contributed by atoms with Crippen LogP contribution in [0.4, 0.5) is 5.82 Å². The number of nitrogens with zero attached hydrogens (tertiary/aromatic N) is 3. The Balaban J connectivity index is 2.28. The molecule has 0 aliphatic heterocycles. The third-order valence-electron chi connectivity index (χ3n) is 3.16. The molecule has 0 fully saturated rings. The van der Waals surface area contributed by atoms with Gasteiger partial charge in [-0.3, -0.25) is 9.67 Å². The van der Waals surface area contributed by atoms with Gasteiger partial charge >= 0.3 is 0 Å². The lowest BCUT2D eigenvalue weighted by Crippen LogP contribution is -1.98. The lowest BCUT2D eigenvalue weighted by atomic mass is 10.0. The van der Waals surface area contributed by atoms with E-state index in [1.807, 2.05) is 32.2 Å². The molecule has 2 N–H and O–H groups in total. The summed E-state index contributed by atoms with van der Waals surface area (Å²) >= 11 is 0. The Labute approximate surface area is 110 Å². The third kappa shape index (κ3) is 1.79. The fourth-order valence-corrected chi connectivity index (χ4v) is 2.15. The van der Waals surface area contributed by atoms with E-state index in [0.717, 1.165) is 28.1 Å². The first-order valence-corrected chi connectivity index (χ1v) is 5.96. The molecule has 0 atom stereocenters. The Bertz CT molecular complexity index is 712. The number of aromatic nitrogens is 3. The van der Waals surface area contributed by atoms with E-state index in [1.165, 1.54) is 0 Å². The van der Waals surface area contributed by atoms with Crippen LogP contribution in [0.25, 0.3) is 22.4 Å². The first-order valence-electron chi connectivity index (χ1n) is 5.96. The van der Waals surface area contributed by atoms with Crippen molar-refractivity contribution in [1.29, 1.82) is 0 Å². The number of furan rings is 1. The van der Waals surface area contributed by atoms with E-state index >= 15 is 0 Å². The Morgan fingerprint density at radius 3 is 2.79 bits per heavy atom. The second kappa shape index (κ2) is 4.28. The Morgan fingerprint density at radius 2 is 2.16 bits per heavy atom. The van der Waals surface area contributed by atoms with Crippen LogP contribution in [0.1, 0.15) is 5.76 Å². The summed E-state index contributed by atoms with van der Waals surface area (Å²) in [5, 5.41) is 4.49. The minimum Gasteiger partial charge on any atom is -0.469 e. The third-order valence-corrected chi connectivity index (χ3v) is 3.16. The summed E-state index contributed by atoms with van der Waals surface area (Å²) in [6, 6.07) is 5.75. The maximum Gasteiger partial charge on any atom is 0.129 e. The van der Waals surface area contributed by atoms with Gasteiger partial charge in [0.15, 0.2) is 0 Å². The van der Waals surface area contributed by atoms with Gasteiger partial charge in [0.05, 0.1) is 11.8 Å². The highest BCUT2D eigenvalue weighted by Gasteiger charge is 2.19. The lowest BCUT2D eigenvalue weighted by molar-refractivity contribution is 0.535. The monoisotopic (exact) mass is 254 g/mol. The fraction of sp³-hybridized carbons (Fsp3) is 0.143. The topological polar surface area (TPSA) is 69.9 Å². The summed E-state index contributed by atoms with van der Waals surface area (Å²) in [4.78, 5) is 4.14. The predicted molar refractivity (Wildman–Crippen MR) is 73.3 cm³/mol. The smallest absolute Gasteiger partial charge is 0.129 e. The molecular weight excluding hydrogens is 240 g/mol. The molecule has 5 heteroatoms. The second-order valence-electron chi connectivity index (χ2n) is 4.36. The van der Waals surface area contributed by atoms with Crippen LogP contribution in [0, 0.1) is 6.92 Å². The van der Waals surface area contributed by atoms with Crippen molar-refractivity contribution in [2.75, 3.05) is 5.73 Å². The van der Waals surface area contributed by atoms with E-state index in [-0.39, 0.29) is 0 Å². The van der Waals surface area contributed by atoms with Crippen molar-refractivity contribution in [3.8, 4) is 22.4 Å². The summed E-state index contributed by atoms with van der Waals surface area (Å²) < 4.78 is 7.02. The highest BCUT2D eigenvalue weighted by Crippen LogP contribution is 2.36. The summed E-state index contributed by atoms with van der Waals surface area (Å²) in [5.74, 6) is 1.44. The summed E-state index contributed by atoms with van der Waals surface area (Å²) in [6.07, 6.45) is 5.17. The van der Waals surface area contributed by atoms with E-state index in [2.05, 4.69) is 10.1 Å². The molecule has 96 valence electrons. The zero-order valence-electron chi connectivity index (χ0n) is 10.8. The number of hydrogen-bond acceptors (Lipinski definition) is 4. The van der Waals surface area contributed by atoms with Gasteiger partial charge in [-0.05, 0) is 19.1 Å². The van der Waals surface area contributed by atoms with Crippen molar-refractivity contribution in [3.63, 3.8) is 0 Å². The van der Waals surface area contributed by atoms with Gasteiger partial charge in [-0.2, -0.15) is 5.10 Å². The van der Waals surface area contributed by atoms with Gasteiger partial charge < -0.3 is 10.2 Å². The molecule has 0 radical (unpaired) electrons. The zero-order valence-corrected chi connectivity index (χ0v) is 10.8. The molecule has 0 saturated heterocycles. The molecule has 19 heavy (non-hydrogen) atoms. The van der Waals surface area contributed by atoms with Crippen molar-refractivity contribution in [3.05, 3.63) is 42.6 Å². The largest absolute Gasteiger partial charge is 0.469 e. The second-order valence-corrected chi connectivity index (χ2v) is 4.36. The molecule has 3 aromatic rings. The summed E-state index contributed by atoms with van der Waals surface area (Å²) in [7, 11) is 1.83. The number of pyridine rings is 1. The molecular formula is C14H14N4O. The minimum atomic E-state index is 0.614. The maximum absolute atomic E-state index is 6.13. The van der Waals surface area contributed by atoms with Crippen LogP contribution in [0.5, 0.6) is 0 Å². The molecule has 0 unspecified atom stereocenters. The van der Waals surface area contributed by atoms with E-state index in [4.69, 9.17) is 10.2 Å². The first kappa shape index (κ1) is 11.5. The van der Waals surface area contributed by atoms with Crippen molar-refractivity contribution >= 4 is 5.82 Å². The van der Waals surface area contributed by atoms with Gasteiger partial charge in [0, 0.05) is 30.6 Å². The molecule has 0 aromatic carbocycles. The van der Waals surface area contributed by atoms with Gasteiger partial charge in [-0.15, -0.1) is 0 Å². The van der Waals surface area contributed by atoms with Crippen LogP contribution in [0.2, 0.25) is 0 Å². The molecule has 0 aliphatic carbocycles. The molecule has 5 nitrogen and oxygen atoms in total. The standard InChI is InChI=1S/C14H14N4O/c1-9-11(5-7-19-9)13-12(14(15)18(2)17-13)10-4-3-6-16-8-10/h3-8H,15H2,1-2H3. The van der Waals surface area contributed by atoms with Crippen LogP contribution in [-0.4, -0.2) is 14.8 Å². The number of nitrogen functional groups attached to an aromatic ring is 1. The number of anilines is 1. The molecule has 0 spiro atoms. The Morgan fingerprint density at radius 1 is 1.32 bits per heavy atom. The first-order chi connectivity index (χ1) is 9.18. The van der Waals surface area contributed by atoms with Gasteiger partial charge in [0.25, 0.3) is 0 Å². The molecule has 0 bridgehead atoms. The van der Waals surface area contributed by atoms with Crippen molar-refractivity contribution in [2.45, 2.75) is 6.92 Å². The quantitative estimate of drug-likeness (QED) is 0.763. The highest BCUT2D eigenvalue weighted by molar-refractivity contribution is 5.88. The van der Waals surface area contributed by atoms with Crippen molar-refractivity contribution < 1.29 is 4.42 Å². The van der Waals surface area contributed by atoms with Crippen molar-refractivity contribution in [1.82, 2.24) is 14.8 Å². The van der Waals surface area contributed by atoms with Gasteiger partial charge in [-0.1, -0.05) is 6.07 Å². The van der Waals surface area contributed by atoms with E-state index in [1.54, 1.807) is 23.3 Å². The van der Waals surface area contributed by atoms with E-state index in [9.17, 15) is 0 Å². The number of aryl methyl sites for hydroxylation is 2. The van der Waals surface area contributed by atoms with Gasteiger partial charge in [-0.25, -0.2) is 0 Å². The molecule has 3 aromatic heterocycles. The van der Waals surface area contributed by atoms with Crippen LogP contribution in [0.3, 0.4) is 0 Å². The SMILES string of the molecule is Cc1occc1-c1nn(C)c(N)c1-c1cccnc1. The number of rotatable bonds is 2. The zero-order chi connectivity index (χ0) is 13.4. The summed E-state index contributed by atoms with van der Waals surface area (Å²) in [5.41, 5.74) is 9.74. The average molecular weight is 254 g/mol. The molecule has 0 aliphatic rings.